The van der Waals surface area contributed by atoms with E-state index in [2.05, 4.69) is 10.6 Å². The van der Waals surface area contributed by atoms with Gasteiger partial charge in [-0.25, -0.2) is 4.39 Å². The van der Waals surface area contributed by atoms with Crippen LogP contribution in [0, 0.1) is 17.7 Å². The molecule has 0 spiro atoms. The SMILES string of the molecule is COc1ccc(C(=O)N[C@H](C(=O)NCC(C)C)C2CCN(C(=O)c3ccccc3F)CC2)cc1. The average molecular weight is 470 g/mol. The second-order valence-corrected chi connectivity index (χ2v) is 8.93. The number of carbonyl (C=O) groups is 3. The molecule has 34 heavy (non-hydrogen) atoms. The number of carbonyl (C=O) groups excluding carboxylic acids is 3. The summed E-state index contributed by atoms with van der Waals surface area (Å²) in [6.07, 6.45) is 1.03. The van der Waals surface area contributed by atoms with Gasteiger partial charge in [-0.3, -0.25) is 14.4 Å². The first-order valence-corrected chi connectivity index (χ1v) is 11.6. The van der Waals surface area contributed by atoms with Crippen LogP contribution in [-0.4, -0.2) is 55.4 Å². The second kappa shape index (κ2) is 11.6. The highest BCUT2D eigenvalue weighted by molar-refractivity contribution is 5.98. The quantitative estimate of drug-likeness (QED) is 0.621. The zero-order chi connectivity index (χ0) is 24.7. The van der Waals surface area contributed by atoms with Gasteiger partial charge in [-0.15, -0.1) is 0 Å². The van der Waals surface area contributed by atoms with Gasteiger partial charge in [0, 0.05) is 25.2 Å². The van der Waals surface area contributed by atoms with Gasteiger partial charge in [0.2, 0.25) is 5.91 Å². The van der Waals surface area contributed by atoms with Gasteiger partial charge >= 0.3 is 0 Å². The number of hydrogen-bond donors (Lipinski definition) is 2. The number of ether oxygens (including phenoxy) is 1. The van der Waals surface area contributed by atoms with Gasteiger partial charge in [-0.05, 0) is 61.1 Å². The van der Waals surface area contributed by atoms with Crippen molar-refractivity contribution in [1.29, 1.82) is 0 Å². The number of nitrogens with one attached hydrogen (secondary N) is 2. The number of amides is 3. The first-order chi connectivity index (χ1) is 16.3. The number of benzene rings is 2. The van der Waals surface area contributed by atoms with Crippen LogP contribution in [-0.2, 0) is 4.79 Å². The van der Waals surface area contributed by atoms with Crippen LogP contribution in [0.5, 0.6) is 5.75 Å². The van der Waals surface area contributed by atoms with E-state index in [-0.39, 0.29) is 35.1 Å². The molecule has 2 aromatic carbocycles. The molecule has 0 aromatic heterocycles. The van der Waals surface area contributed by atoms with E-state index < -0.39 is 11.9 Å². The topological polar surface area (TPSA) is 87.7 Å². The summed E-state index contributed by atoms with van der Waals surface area (Å²) in [6.45, 7) is 5.25. The number of rotatable bonds is 8. The molecule has 1 saturated heterocycles. The molecule has 0 saturated carbocycles. The summed E-state index contributed by atoms with van der Waals surface area (Å²) in [6, 6.07) is 11.9. The minimum Gasteiger partial charge on any atom is -0.497 e. The van der Waals surface area contributed by atoms with E-state index in [1.807, 2.05) is 13.8 Å². The largest absolute Gasteiger partial charge is 0.497 e. The van der Waals surface area contributed by atoms with Crippen LogP contribution in [0.15, 0.2) is 48.5 Å². The van der Waals surface area contributed by atoms with Crippen molar-refractivity contribution in [2.45, 2.75) is 32.7 Å². The van der Waals surface area contributed by atoms with Crippen molar-refractivity contribution in [1.82, 2.24) is 15.5 Å². The molecule has 3 amide bonds. The van der Waals surface area contributed by atoms with Gasteiger partial charge in [0.1, 0.15) is 17.6 Å². The van der Waals surface area contributed by atoms with Gasteiger partial charge < -0.3 is 20.3 Å². The highest BCUT2D eigenvalue weighted by Gasteiger charge is 2.34. The fourth-order valence-corrected chi connectivity index (χ4v) is 4.02. The number of piperidine rings is 1. The fraction of sp³-hybridized carbons (Fsp3) is 0.423. The Morgan fingerprint density at radius 3 is 2.29 bits per heavy atom. The number of likely N-dealkylation sites (tertiary alicyclic amines) is 1. The molecule has 2 N–H and O–H groups in total. The molecule has 0 unspecified atom stereocenters. The van der Waals surface area contributed by atoms with Crippen LogP contribution in [0.2, 0.25) is 0 Å². The third-order valence-electron chi connectivity index (χ3n) is 6.01. The van der Waals surface area contributed by atoms with Crippen LogP contribution in [0.3, 0.4) is 0 Å². The van der Waals surface area contributed by atoms with Crippen LogP contribution in [0.25, 0.3) is 0 Å². The predicted octanol–water partition coefficient (Wildman–Crippen LogP) is 3.26. The standard InChI is InChI=1S/C26H32FN3O4/c1-17(2)16-28-25(32)23(29-24(31)19-8-10-20(34-3)11-9-19)18-12-14-30(15-13-18)26(33)21-6-4-5-7-22(21)27/h4-11,17-18,23H,12-16H2,1-3H3,(H,28,32)(H,29,31)/t23-/m0/s1. The summed E-state index contributed by atoms with van der Waals surface area (Å²) in [5, 5.41) is 5.81. The van der Waals surface area contributed by atoms with Crippen LogP contribution in [0.1, 0.15) is 47.4 Å². The lowest BCUT2D eigenvalue weighted by Crippen LogP contribution is -2.54. The minimum absolute atomic E-state index is 0.0417. The highest BCUT2D eigenvalue weighted by Crippen LogP contribution is 2.24. The molecule has 0 aliphatic carbocycles. The normalized spacial score (nSPS) is 15.0. The van der Waals surface area contributed by atoms with Crippen molar-refractivity contribution in [3.63, 3.8) is 0 Å². The van der Waals surface area contributed by atoms with Gasteiger partial charge in [0.15, 0.2) is 0 Å². The molecule has 1 heterocycles. The Hall–Kier alpha value is -3.42. The van der Waals surface area contributed by atoms with E-state index in [1.165, 1.54) is 12.1 Å². The maximum Gasteiger partial charge on any atom is 0.256 e. The fourth-order valence-electron chi connectivity index (χ4n) is 4.02. The molecular weight excluding hydrogens is 437 g/mol. The molecule has 1 fully saturated rings. The van der Waals surface area contributed by atoms with Crippen molar-refractivity contribution in [2.75, 3.05) is 26.7 Å². The Morgan fingerprint density at radius 1 is 1.06 bits per heavy atom. The molecule has 1 aliphatic rings. The summed E-state index contributed by atoms with van der Waals surface area (Å²) >= 11 is 0. The van der Waals surface area contributed by atoms with Crippen LogP contribution >= 0.6 is 0 Å². The number of methoxy groups -OCH3 is 1. The second-order valence-electron chi connectivity index (χ2n) is 8.93. The molecule has 182 valence electrons. The lowest BCUT2D eigenvalue weighted by Gasteiger charge is -2.36. The summed E-state index contributed by atoms with van der Waals surface area (Å²) in [7, 11) is 1.55. The molecule has 3 rings (SSSR count). The van der Waals surface area contributed by atoms with E-state index in [1.54, 1.807) is 48.4 Å². The molecule has 1 atom stereocenters. The summed E-state index contributed by atoms with van der Waals surface area (Å²) < 4.78 is 19.2. The number of hydrogen-bond acceptors (Lipinski definition) is 4. The third-order valence-corrected chi connectivity index (χ3v) is 6.01. The summed E-state index contributed by atoms with van der Waals surface area (Å²) in [5.41, 5.74) is 0.467. The van der Waals surface area contributed by atoms with Crippen molar-refractivity contribution < 1.29 is 23.5 Å². The van der Waals surface area contributed by atoms with Gasteiger partial charge in [-0.2, -0.15) is 0 Å². The Bertz CT molecular complexity index is 1000. The maximum absolute atomic E-state index is 14.1. The zero-order valence-corrected chi connectivity index (χ0v) is 19.8. The van der Waals surface area contributed by atoms with Crippen molar-refractivity contribution in [2.24, 2.45) is 11.8 Å². The Kier molecular flexibility index (Phi) is 8.62. The van der Waals surface area contributed by atoms with Crippen molar-refractivity contribution in [3.8, 4) is 5.75 Å². The first-order valence-electron chi connectivity index (χ1n) is 11.6. The molecule has 2 aromatic rings. The van der Waals surface area contributed by atoms with E-state index in [9.17, 15) is 18.8 Å². The van der Waals surface area contributed by atoms with Crippen LogP contribution < -0.4 is 15.4 Å². The Balaban J connectivity index is 1.69. The molecule has 7 nitrogen and oxygen atoms in total. The minimum atomic E-state index is -0.737. The van der Waals surface area contributed by atoms with Gasteiger partial charge in [-0.1, -0.05) is 26.0 Å². The lowest BCUT2D eigenvalue weighted by atomic mass is 9.88. The summed E-state index contributed by atoms with van der Waals surface area (Å²) in [5.74, 6) is -0.755. The molecule has 1 aliphatic heterocycles. The predicted molar refractivity (Wildman–Crippen MR) is 127 cm³/mol. The van der Waals surface area contributed by atoms with E-state index in [0.29, 0.717) is 43.8 Å². The molecule has 0 radical (unpaired) electrons. The highest BCUT2D eigenvalue weighted by atomic mass is 19.1. The lowest BCUT2D eigenvalue weighted by molar-refractivity contribution is -0.124. The Morgan fingerprint density at radius 2 is 1.71 bits per heavy atom. The molecule has 8 heteroatoms. The van der Waals surface area contributed by atoms with Crippen molar-refractivity contribution in [3.05, 3.63) is 65.5 Å². The Labute approximate surface area is 199 Å². The van der Waals surface area contributed by atoms with Crippen molar-refractivity contribution >= 4 is 17.7 Å². The zero-order valence-electron chi connectivity index (χ0n) is 19.8. The maximum atomic E-state index is 14.1. The van der Waals surface area contributed by atoms with E-state index in [4.69, 9.17) is 4.74 Å². The van der Waals surface area contributed by atoms with E-state index >= 15 is 0 Å². The van der Waals surface area contributed by atoms with Gasteiger partial charge in [0.05, 0.1) is 12.7 Å². The average Bonchev–Trinajstić information content (AvgIpc) is 2.85. The monoisotopic (exact) mass is 469 g/mol. The number of halogens is 1. The molecule has 0 bridgehead atoms. The van der Waals surface area contributed by atoms with E-state index in [0.717, 1.165) is 0 Å². The summed E-state index contributed by atoms with van der Waals surface area (Å²) in [4.78, 5) is 40.3. The van der Waals surface area contributed by atoms with Gasteiger partial charge in [0.25, 0.3) is 11.8 Å². The first kappa shape index (κ1) is 25.2. The molecular formula is C26H32FN3O4. The van der Waals surface area contributed by atoms with Crippen LogP contribution in [0.4, 0.5) is 4.39 Å². The smallest absolute Gasteiger partial charge is 0.256 e. The number of nitrogens with zero attached hydrogens (tertiary/aromatic N) is 1. The third kappa shape index (κ3) is 6.34.